The van der Waals surface area contributed by atoms with E-state index < -0.39 is 8.32 Å². The van der Waals surface area contributed by atoms with Crippen molar-refractivity contribution in [2.24, 2.45) is 0 Å². The molecule has 0 saturated carbocycles. The minimum Gasteiger partial charge on any atom is -0.543 e. The summed E-state index contributed by atoms with van der Waals surface area (Å²) in [4.78, 5) is 15.6. The summed E-state index contributed by atoms with van der Waals surface area (Å²) in [5.41, 5.74) is 3.47. The predicted molar refractivity (Wildman–Crippen MR) is 150 cm³/mol. The van der Waals surface area contributed by atoms with E-state index in [4.69, 9.17) is 25.5 Å². The van der Waals surface area contributed by atoms with Gasteiger partial charge in [-0.3, -0.25) is 0 Å². The van der Waals surface area contributed by atoms with Gasteiger partial charge in [-0.1, -0.05) is 72.2 Å². The van der Waals surface area contributed by atoms with E-state index in [2.05, 4.69) is 48.5 Å². The van der Waals surface area contributed by atoms with Crippen LogP contribution in [-0.4, -0.2) is 27.4 Å². The molecule has 2 aromatic carbocycles. The molecule has 1 atom stereocenters. The molecule has 0 amide bonds. The third kappa shape index (κ3) is 5.45. The van der Waals surface area contributed by atoms with Crippen molar-refractivity contribution in [3.8, 4) is 5.75 Å². The number of anilines is 1. The molecule has 1 aliphatic rings. The fourth-order valence-electron chi connectivity index (χ4n) is 5.56. The lowest BCUT2D eigenvalue weighted by Gasteiger charge is -2.51. The molecule has 0 unspecified atom stereocenters. The predicted octanol–water partition coefficient (Wildman–Crippen LogP) is 8.09. The minimum absolute atomic E-state index is 0.0298. The van der Waals surface area contributed by atoms with E-state index in [1.54, 1.807) is 7.11 Å². The molecule has 7 heteroatoms. The fourth-order valence-corrected chi connectivity index (χ4v) is 11.0. The van der Waals surface area contributed by atoms with Gasteiger partial charge < -0.3 is 18.8 Å². The van der Waals surface area contributed by atoms with Gasteiger partial charge in [-0.25, -0.2) is 4.79 Å². The summed E-state index contributed by atoms with van der Waals surface area (Å²) in [5.74, 6) is 1.16. The molecule has 1 heterocycles. The first-order valence-electron chi connectivity index (χ1n) is 12.8. The minimum atomic E-state index is -2.27. The van der Waals surface area contributed by atoms with Crippen molar-refractivity contribution >= 4 is 31.6 Å². The highest BCUT2D eigenvalue weighted by atomic mass is 35.5. The monoisotopic (exact) mass is 529 g/mol. The number of carbonyl (C=O) groups is 1. The first kappa shape index (κ1) is 28.1. The number of nitrogens with zero attached hydrogens (tertiary/aromatic N) is 1. The Kier molecular flexibility index (Phi) is 9.17. The van der Waals surface area contributed by atoms with Crippen molar-refractivity contribution in [2.45, 2.75) is 84.2 Å². The standard InChI is InChI=1S/C29H40ClNO4Si/c1-9-26-28(35-36(19(2)3,20(4)5)21(6)7)27(31(26)24-14-12-23(30)13-15-24)29(32)34-18-22-10-16-25(33-8)17-11-22/h10-17,19-21,26H,9,18H2,1-8H3/t26-/m0/s1. The van der Waals surface area contributed by atoms with Crippen LogP contribution in [-0.2, 0) is 20.6 Å². The van der Waals surface area contributed by atoms with Gasteiger partial charge in [0, 0.05) is 10.7 Å². The van der Waals surface area contributed by atoms with Crippen LogP contribution in [0.2, 0.25) is 21.6 Å². The van der Waals surface area contributed by atoms with Gasteiger partial charge in [-0.15, -0.1) is 0 Å². The van der Waals surface area contributed by atoms with Gasteiger partial charge in [0.05, 0.1) is 13.2 Å². The van der Waals surface area contributed by atoms with E-state index in [1.807, 2.05) is 53.4 Å². The molecule has 3 rings (SSSR count). The van der Waals surface area contributed by atoms with Crippen molar-refractivity contribution < 1.29 is 18.7 Å². The molecule has 0 aliphatic carbocycles. The number of hydrogen-bond donors (Lipinski definition) is 0. The van der Waals surface area contributed by atoms with E-state index in [0.29, 0.717) is 27.3 Å². The third-order valence-corrected chi connectivity index (χ3v) is 13.5. The second-order valence-electron chi connectivity index (χ2n) is 10.3. The summed E-state index contributed by atoms with van der Waals surface area (Å²) in [6, 6.07) is 15.1. The Morgan fingerprint density at radius 2 is 1.50 bits per heavy atom. The number of methoxy groups -OCH3 is 1. The normalized spacial score (nSPS) is 16.0. The van der Waals surface area contributed by atoms with Gasteiger partial charge in [0.1, 0.15) is 18.1 Å². The summed E-state index contributed by atoms with van der Waals surface area (Å²) in [7, 11) is -0.641. The van der Waals surface area contributed by atoms with E-state index in [9.17, 15) is 4.79 Å². The van der Waals surface area contributed by atoms with Crippen molar-refractivity contribution in [3.63, 3.8) is 0 Å². The number of esters is 1. The SMILES string of the molecule is CC[C@H]1C(O[Si](C(C)C)(C(C)C)C(C)C)=C(C(=O)OCc2ccc(OC)cc2)N1c1ccc(Cl)cc1. The van der Waals surface area contributed by atoms with Gasteiger partial charge in [-0.2, -0.15) is 0 Å². The molecule has 0 spiro atoms. The Morgan fingerprint density at radius 3 is 1.97 bits per heavy atom. The quantitative estimate of drug-likeness (QED) is 0.217. The maximum atomic E-state index is 13.6. The molecule has 0 bridgehead atoms. The smallest absolute Gasteiger partial charge is 0.358 e. The summed E-state index contributed by atoms with van der Waals surface area (Å²) in [6.07, 6.45) is 0.811. The molecular formula is C29H40ClNO4Si. The van der Waals surface area contributed by atoms with Gasteiger partial charge >= 0.3 is 5.97 Å². The maximum Gasteiger partial charge on any atom is 0.358 e. The molecule has 1 aliphatic heterocycles. The van der Waals surface area contributed by atoms with E-state index in [0.717, 1.165) is 29.2 Å². The average molecular weight is 530 g/mol. The summed E-state index contributed by atoms with van der Waals surface area (Å²) in [6.45, 7) is 15.8. The van der Waals surface area contributed by atoms with Crippen LogP contribution in [0, 0.1) is 0 Å². The molecule has 5 nitrogen and oxygen atoms in total. The molecule has 0 aromatic heterocycles. The number of halogens is 1. The Bertz CT molecular complexity index is 1040. The maximum absolute atomic E-state index is 13.6. The van der Waals surface area contributed by atoms with E-state index in [1.165, 1.54) is 0 Å². The fraction of sp³-hybridized carbons (Fsp3) is 0.483. The molecule has 0 radical (unpaired) electrons. The topological polar surface area (TPSA) is 48.0 Å². The first-order chi connectivity index (χ1) is 17.1. The number of rotatable bonds is 11. The van der Waals surface area contributed by atoms with E-state index >= 15 is 0 Å². The van der Waals surface area contributed by atoms with Gasteiger partial charge in [0.2, 0.25) is 0 Å². The Labute approximate surface area is 222 Å². The summed E-state index contributed by atoms with van der Waals surface area (Å²) in [5, 5.41) is 0.655. The number of ether oxygens (including phenoxy) is 2. The average Bonchev–Trinajstić information content (AvgIpc) is 2.83. The molecule has 2 aromatic rings. The Balaban J connectivity index is 2.01. The van der Waals surface area contributed by atoms with Crippen molar-refractivity contribution in [3.05, 3.63) is 70.6 Å². The zero-order valence-electron chi connectivity index (χ0n) is 22.8. The first-order valence-corrected chi connectivity index (χ1v) is 15.4. The molecule has 0 N–H and O–H groups in total. The zero-order valence-corrected chi connectivity index (χ0v) is 24.6. The van der Waals surface area contributed by atoms with Crippen molar-refractivity contribution in [1.29, 1.82) is 0 Å². The van der Waals surface area contributed by atoms with Crippen LogP contribution in [0.15, 0.2) is 60.0 Å². The summed E-state index contributed by atoms with van der Waals surface area (Å²) < 4.78 is 18.1. The van der Waals surface area contributed by atoms with Crippen LogP contribution in [0.25, 0.3) is 0 Å². The van der Waals surface area contributed by atoms with Crippen LogP contribution in [0.5, 0.6) is 5.75 Å². The van der Waals surface area contributed by atoms with Crippen LogP contribution < -0.4 is 9.64 Å². The Hall–Kier alpha value is -2.44. The van der Waals surface area contributed by atoms with Crippen LogP contribution in [0.1, 0.15) is 60.5 Å². The van der Waals surface area contributed by atoms with E-state index in [-0.39, 0.29) is 18.6 Å². The number of hydrogen-bond acceptors (Lipinski definition) is 5. The lowest BCUT2D eigenvalue weighted by molar-refractivity contribution is -0.141. The lowest BCUT2D eigenvalue weighted by atomic mass is 9.98. The second-order valence-corrected chi connectivity index (χ2v) is 16.1. The summed E-state index contributed by atoms with van der Waals surface area (Å²) >= 11 is 6.16. The molecule has 0 saturated heterocycles. The molecule has 196 valence electrons. The largest absolute Gasteiger partial charge is 0.543 e. The highest BCUT2D eigenvalue weighted by molar-refractivity contribution is 6.78. The van der Waals surface area contributed by atoms with Crippen molar-refractivity contribution in [1.82, 2.24) is 0 Å². The van der Waals surface area contributed by atoms with Crippen LogP contribution >= 0.6 is 11.6 Å². The van der Waals surface area contributed by atoms with Crippen LogP contribution in [0.3, 0.4) is 0 Å². The highest BCUT2D eigenvalue weighted by Crippen LogP contribution is 2.48. The van der Waals surface area contributed by atoms with Gasteiger partial charge in [0.25, 0.3) is 8.32 Å². The highest BCUT2D eigenvalue weighted by Gasteiger charge is 2.52. The molecular weight excluding hydrogens is 490 g/mol. The lowest BCUT2D eigenvalue weighted by Crippen LogP contribution is -2.56. The van der Waals surface area contributed by atoms with Gasteiger partial charge in [0.15, 0.2) is 5.70 Å². The molecule has 0 fully saturated rings. The molecule has 36 heavy (non-hydrogen) atoms. The van der Waals surface area contributed by atoms with Crippen LogP contribution in [0.4, 0.5) is 5.69 Å². The van der Waals surface area contributed by atoms with Crippen molar-refractivity contribution in [2.75, 3.05) is 12.0 Å². The second kappa shape index (κ2) is 11.7. The Morgan fingerprint density at radius 1 is 0.944 bits per heavy atom. The number of benzene rings is 2. The zero-order chi connectivity index (χ0) is 26.6. The number of carbonyl (C=O) groups excluding carboxylic acids is 1. The van der Waals surface area contributed by atoms with Gasteiger partial charge in [-0.05, 0) is 65.0 Å². The third-order valence-electron chi connectivity index (χ3n) is 7.30.